The molecule has 0 unspecified atom stereocenters. The summed E-state index contributed by atoms with van der Waals surface area (Å²) >= 11 is 0. The van der Waals surface area contributed by atoms with Gasteiger partial charge < -0.3 is 10.4 Å². The molecule has 0 aliphatic rings. The number of halogens is 1. The molecule has 0 fully saturated rings. The van der Waals surface area contributed by atoms with Gasteiger partial charge in [0.2, 0.25) is 0 Å². The first-order valence-electron chi connectivity index (χ1n) is 6.25. The highest BCUT2D eigenvalue weighted by Gasteiger charge is 2.15. The zero-order valence-electron chi connectivity index (χ0n) is 11.3. The summed E-state index contributed by atoms with van der Waals surface area (Å²) in [5.41, 5.74) is 1.50. The van der Waals surface area contributed by atoms with Crippen LogP contribution in [0.4, 0.5) is 4.39 Å². The molecular formula is C14H16FN3O2. The third-order valence-electron chi connectivity index (χ3n) is 2.82. The summed E-state index contributed by atoms with van der Waals surface area (Å²) in [6.45, 7) is 3.33. The molecule has 1 aromatic carbocycles. The van der Waals surface area contributed by atoms with Crippen LogP contribution in [0.25, 0.3) is 5.69 Å². The lowest BCUT2D eigenvalue weighted by molar-refractivity contribution is 0.0917. The third-order valence-corrected chi connectivity index (χ3v) is 2.82. The maximum absolute atomic E-state index is 13.2. The number of aryl methyl sites for hydroxylation is 1. The van der Waals surface area contributed by atoms with E-state index < -0.39 is 0 Å². The Morgan fingerprint density at radius 3 is 2.90 bits per heavy atom. The van der Waals surface area contributed by atoms with Crippen molar-refractivity contribution >= 4 is 5.91 Å². The van der Waals surface area contributed by atoms with Gasteiger partial charge in [0.1, 0.15) is 5.82 Å². The Morgan fingerprint density at radius 1 is 1.50 bits per heavy atom. The van der Waals surface area contributed by atoms with Crippen LogP contribution in [0.2, 0.25) is 0 Å². The zero-order chi connectivity index (χ0) is 14.7. The van der Waals surface area contributed by atoms with Gasteiger partial charge in [0.15, 0.2) is 5.69 Å². The summed E-state index contributed by atoms with van der Waals surface area (Å²) in [7, 11) is 0. The lowest BCUT2D eigenvalue weighted by atomic mass is 10.3. The van der Waals surface area contributed by atoms with Crippen LogP contribution < -0.4 is 5.32 Å². The highest BCUT2D eigenvalue weighted by molar-refractivity contribution is 5.92. The molecule has 1 amide bonds. The molecule has 0 saturated carbocycles. The molecule has 0 bridgehead atoms. The lowest BCUT2D eigenvalue weighted by Crippen LogP contribution is -2.35. The number of hydrogen-bond donors (Lipinski definition) is 2. The standard InChI is InChI=1S/C14H16FN3O2/c1-9(8-19)16-14(20)13-6-10(2)18(17-13)12-5-3-4-11(15)7-12/h3-7,9,19H,8H2,1-2H3,(H,16,20)/t9-/m0/s1. The van der Waals surface area contributed by atoms with Crippen molar-refractivity contribution in [3.8, 4) is 5.69 Å². The summed E-state index contributed by atoms with van der Waals surface area (Å²) in [5, 5.41) is 15.7. The molecule has 0 spiro atoms. The summed E-state index contributed by atoms with van der Waals surface area (Å²) in [5.74, 6) is -0.734. The Morgan fingerprint density at radius 2 is 2.25 bits per heavy atom. The van der Waals surface area contributed by atoms with Crippen molar-refractivity contribution in [2.75, 3.05) is 6.61 Å². The van der Waals surface area contributed by atoms with Gasteiger partial charge in [-0.05, 0) is 38.1 Å². The number of hydrogen-bond acceptors (Lipinski definition) is 3. The minimum atomic E-state index is -0.371. The molecule has 0 aliphatic heterocycles. The molecule has 5 nitrogen and oxygen atoms in total. The monoisotopic (exact) mass is 277 g/mol. The quantitative estimate of drug-likeness (QED) is 0.888. The molecule has 0 aliphatic carbocycles. The minimum Gasteiger partial charge on any atom is -0.394 e. The van der Waals surface area contributed by atoms with E-state index in [1.807, 2.05) is 0 Å². The molecule has 2 N–H and O–H groups in total. The normalized spacial score (nSPS) is 12.2. The van der Waals surface area contributed by atoms with Crippen LogP contribution in [-0.2, 0) is 0 Å². The van der Waals surface area contributed by atoms with Crippen molar-refractivity contribution in [3.05, 3.63) is 47.5 Å². The van der Waals surface area contributed by atoms with E-state index in [0.717, 1.165) is 5.69 Å². The molecule has 20 heavy (non-hydrogen) atoms. The zero-order valence-corrected chi connectivity index (χ0v) is 11.3. The first kappa shape index (κ1) is 14.2. The largest absolute Gasteiger partial charge is 0.394 e. The van der Waals surface area contributed by atoms with E-state index in [0.29, 0.717) is 5.69 Å². The fraction of sp³-hybridized carbons (Fsp3) is 0.286. The van der Waals surface area contributed by atoms with Crippen LogP contribution in [0.1, 0.15) is 23.1 Å². The van der Waals surface area contributed by atoms with Crippen LogP contribution >= 0.6 is 0 Å². The molecule has 1 heterocycles. The summed E-state index contributed by atoms with van der Waals surface area (Å²) in [4.78, 5) is 11.9. The van der Waals surface area contributed by atoms with E-state index >= 15 is 0 Å². The number of amides is 1. The van der Waals surface area contributed by atoms with Gasteiger partial charge in [0, 0.05) is 11.7 Å². The average Bonchev–Trinajstić information content (AvgIpc) is 2.80. The van der Waals surface area contributed by atoms with Crippen molar-refractivity contribution in [1.82, 2.24) is 15.1 Å². The lowest BCUT2D eigenvalue weighted by Gasteiger charge is -2.08. The summed E-state index contributed by atoms with van der Waals surface area (Å²) < 4.78 is 14.7. The van der Waals surface area contributed by atoms with Crippen LogP contribution in [0.5, 0.6) is 0 Å². The van der Waals surface area contributed by atoms with Crippen molar-refractivity contribution in [2.45, 2.75) is 19.9 Å². The number of aliphatic hydroxyl groups excluding tert-OH is 1. The maximum Gasteiger partial charge on any atom is 0.272 e. The average molecular weight is 277 g/mol. The van der Waals surface area contributed by atoms with E-state index in [-0.39, 0.29) is 30.1 Å². The van der Waals surface area contributed by atoms with Crippen molar-refractivity contribution in [3.63, 3.8) is 0 Å². The Bertz CT molecular complexity index is 625. The smallest absolute Gasteiger partial charge is 0.272 e. The number of aromatic nitrogens is 2. The molecule has 2 rings (SSSR count). The number of nitrogens with zero attached hydrogens (tertiary/aromatic N) is 2. The second-order valence-corrected chi connectivity index (χ2v) is 4.62. The highest BCUT2D eigenvalue weighted by Crippen LogP contribution is 2.13. The third kappa shape index (κ3) is 3.03. The molecule has 0 saturated heterocycles. The van der Waals surface area contributed by atoms with Crippen LogP contribution in [0.15, 0.2) is 30.3 Å². The maximum atomic E-state index is 13.2. The number of nitrogens with one attached hydrogen (secondary N) is 1. The van der Waals surface area contributed by atoms with E-state index in [4.69, 9.17) is 5.11 Å². The molecule has 0 radical (unpaired) electrons. The summed E-state index contributed by atoms with van der Waals surface area (Å²) in [6.07, 6.45) is 0. The molecule has 106 valence electrons. The van der Waals surface area contributed by atoms with Gasteiger partial charge in [0.25, 0.3) is 5.91 Å². The van der Waals surface area contributed by atoms with E-state index in [9.17, 15) is 9.18 Å². The Hall–Kier alpha value is -2.21. The van der Waals surface area contributed by atoms with Gasteiger partial charge in [-0.25, -0.2) is 9.07 Å². The number of aliphatic hydroxyl groups is 1. The first-order chi connectivity index (χ1) is 9.51. The second kappa shape index (κ2) is 5.83. The molecule has 2 aromatic rings. The summed E-state index contributed by atoms with van der Waals surface area (Å²) in [6, 6.07) is 7.25. The van der Waals surface area contributed by atoms with Crippen molar-refractivity contribution in [1.29, 1.82) is 0 Å². The Labute approximate surface area is 116 Å². The highest BCUT2D eigenvalue weighted by atomic mass is 19.1. The predicted octanol–water partition coefficient (Wildman–Crippen LogP) is 1.43. The number of carbonyl (C=O) groups is 1. The van der Waals surface area contributed by atoms with Gasteiger partial charge in [-0.1, -0.05) is 6.07 Å². The topological polar surface area (TPSA) is 67.2 Å². The van der Waals surface area contributed by atoms with Crippen LogP contribution in [0.3, 0.4) is 0 Å². The molecule has 1 atom stereocenters. The number of carbonyl (C=O) groups excluding carboxylic acids is 1. The van der Waals surface area contributed by atoms with Crippen molar-refractivity contribution < 1.29 is 14.3 Å². The predicted molar refractivity (Wildman–Crippen MR) is 72.3 cm³/mol. The van der Waals surface area contributed by atoms with E-state index in [1.54, 1.807) is 32.0 Å². The molecule has 6 heteroatoms. The molecular weight excluding hydrogens is 261 g/mol. The Kier molecular flexibility index (Phi) is 4.14. The van der Waals surface area contributed by atoms with Crippen LogP contribution in [0, 0.1) is 12.7 Å². The van der Waals surface area contributed by atoms with E-state index in [1.165, 1.54) is 16.8 Å². The van der Waals surface area contributed by atoms with Gasteiger partial charge in [-0.15, -0.1) is 0 Å². The van der Waals surface area contributed by atoms with Crippen molar-refractivity contribution in [2.24, 2.45) is 0 Å². The van der Waals surface area contributed by atoms with Gasteiger partial charge >= 0.3 is 0 Å². The SMILES string of the molecule is Cc1cc(C(=O)N[C@@H](C)CO)nn1-c1cccc(F)c1. The minimum absolute atomic E-state index is 0.144. The van der Waals surface area contributed by atoms with Crippen LogP contribution in [-0.4, -0.2) is 33.4 Å². The Balaban J connectivity index is 2.28. The van der Waals surface area contributed by atoms with Gasteiger partial charge in [-0.2, -0.15) is 5.10 Å². The molecule has 1 aromatic heterocycles. The number of benzene rings is 1. The number of rotatable bonds is 4. The van der Waals surface area contributed by atoms with E-state index in [2.05, 4.69) is 10.4 Å². The fourth-order valence-corrected chi connectivity index (χ4v) is 1.80. The fourth-order valence-electron chi connectivity index (χ4n) is 1.80. The van der Waals surface area contributed by atoms with Gasteiger partial charge in [0.05, 0.1) is 12.3 Å². The first-order valence-corrected chi connectivity index (χ1v) is 6.25. The second-order valence-electron chi connectivity index (χ2n) is 4.62. The van der Waals surface area contributed by atoms with Gasteiger partial charge in [-0.3, -0.25) is 4.79 Å².